The number of nitrogens with zero attached hydrogens (tertiary/aromatic N) is 3. The largest absolute Gasteiger partial charge is 0.497 e. The summed E-state index contributed by atoms with van der Waals surface area (Å²) in [5.41, 5.74) is 3.15. The molecule has 2 heterocycles. The van der Waals surface area contributed by atoms with Crippen molar-refractivity contribution in [2.75, 3.05) is 56.2 Å². The minimum absolute atomic E-state index is 0.145. The molecule has 1 saturated heterocycles. The molecule has 4 rings (SSSR count). The van der Waals surface area contributed by atoms with Crippen LogP contribution in [0.1, 0.15) is 12.0 Å². The van der Waals surface area contributed by atoms with E-state index in [0.29, 0.717) is 6.54 Å². The smallest absolute Gasteiger partial charge is 0.242 e. The Balaban J connectivity index is 1.34. The van der Waals surface area contributed by atoms with Crippen molar-refractivity contribution < 1.29 is 13.9 Å². The Labute approximate surface area is 165 Å². The van der Waals surface area contributed by atoms with Gasteiger partial charge in [-0.05, 0) is 60.9 Å². The molecule has 6 heteroatoms. The van der Waals surface area contributed by atoms with Gasteiger partial charge in [-0.1, -0.05) is 0 Å². The molecule has 2 aliphatic rings. The fourth-order valence-corrected chi connectivity index (χ4v) is 4.08. The van der Waals surface area contributed by atoms with Gasteiger partial charge in [0.05, 0.1) is 13.7 Å². The molecule has 0 spiro atoms. The summed E-state index contributed by atoms with van der Waals surface area (Å²) in [6.45, 7) is 4.28. The third-order valence-electron chi connectivity index (χ3n) is 5.65. The van der Waals surface area contributed by atoms with Gasteiger partial charge in [0.15, 0.2) is 0 Å². The lowest BCUT2D eigenvalue weighted by Gasteiger charge is -2.38. The molecule has 2 aliphatic heterocycles. The zero-order valence-corrected chi connectivity index (χ0v) is 16.2. The topological polar surface area (TPSA) is 36.0 Å². The molecular weight excluding hydrogens is 357 g/mol. The highest BCUT2D eigenvalue weighted by Gasteiger charge is 2.25. The van der Waals surface area contributed by atoms with Crippen molar-refractivity contribution in [1.82, 2.24) is 4.90 Å². The molecular formula is C22H26FN3O2. The highest BCUT2D eigenvalue weighted by Crippen LogP contribution is 2.28. The number of benzene rings is 2. The summed E-state index contributed by atoms with van der Waals surface area (Å²) < 4.78 is 18.7. The fourth-order valence-electron chi connectivity index (χ4n) is 4.08. The lowest BCUT2D eigenvalue weighted by molar-refractivity contribution is -0.130. The number of piperazine rings is 1. The van der Waals surface area contributed by atoms with E-state index in [1.807, 2.05) is 17.0 Å². The van der Waals surface area contributed by atoms with Crippen LogP contribution in [0.5, 0.6) is 5.75 Å². The molecule has 28 heavy (non-hydrogen) atoms. The predicted molar refractivity (Wildman–Crippen MR) is 109 cm³/mol. The van der Waals surface area contributed by atoms with E-state index in [-0.39, 0.29) is 11.7 Å². The number of halogens is 1. The van der Waals surface area contributed by atoms with Crippen molar-refractivity contribution in [2.45, 2.75) is 12.8 Å². The number of hydrogen-bond acceptors (Lipinski definition) is 4. The van der Waals surface area contributed by atoms with Crippen molar-refractivity contribution in [2.24, 2.45) is 0 Å². The van der Waals surface area contributed by atoms with Crippen molar-refractivity contribution in [3.63, 3.8) is 0 Å². The first-order valence-corrected chi connectivity index (χ1v) is 9.84. The van der Waals surface area contributed by atoms with Crippen LogP contribution in [-0.4, -0.2) is 57.2 Å². The summed E-state index contributed by atoms with van der Waals surface area (Å²) in [5.74, 6) is 0.785. The van der Waals surface area contributed by atoms with Gasteiger partial charge in [0, 0.05) is 44.1 Å². The van der Waals surface area contributed by atoms with Crippen LogP contribution in [-0.2, 0) is 11.2 Å². The molecule has 1 fully saturated rings. The first kappa shape index (κ1) is 18.6. The Bertz CT molecular complexity index is 832. The van der Waals surface area contributed by atoms with E-state index in [2.05, 4.69) is 21.9 Å². The first-order valence-electron chi connectivity index (χ1n) is 9.84. The van der Waals surface area contributed by atoms with Gasteiger partial charge in [-0.3, -0.25) is 4.79 Å². The van der Waals surface area contributed by atoms with E-state index in [9.17, 15) is 9.18 Å². The van der Waals surface area contributed by atoms with Gasteiger partial charge in [0.2, 0.25) is 5.91 Å². The second-order valence-corrected chi connectivity index (χ2v) is 7.36. The molecule has 0 bridgehead atoms. The predicted octanol–water partition coefficient (Wildman–Crippen LogP) is 2.94. The van der Waals surface area contributed by atoms with Gasteiger partial charge >= 0.3 is 0 Å². The van der Waals surface area contributed by atoms with Crippen LogP contribution in [0.25, 0.3) is 0 Å². The standard InChI is InChI=1S/C22H26FN3O2/c1-28-20-7-5-19(6-8-20)24-11-13-25(14-12-24)22(27)16-26-10-2-3-17-15-18(23)4-9-21(17)26/h4-9,15H,2-3,10-14,16H2,1H3. The van der Waals surface area contributed by atoms with Crippen LogP contribution in [0.15, 0.2) is 42.5 Å². The maximum absolute atomic E-state index is 13.5. The molecule has 2 aromatic carbocycles. The normalized spacial score (nSPS) is 16.7. The van der Waals surface area contributed by atoms with Crippen molar-refractivity contribution in [3.8, 4) is 5.75 Å². The number of aryl methyl sites for hydroxylation is 1. The van der Waals surface area contributed by atoms with Gasteiger partial charge in [-0.2, -0.15) is 0 Å². The zero-order valence-electron chi connectivity index (χ0n) is 16.2. The SMILES string of the molecule is COc1ccc(N2CCN(C(=O)CN3CCCc4cc(F)ccc43)CC2)cc1. The number of rotatable bonds is 4. The summed E-state index contributed by atoms with van der Waals surface area (Å²) in [7, 11) is 1.66. The number of methoxy groups -OCH3 is 1. The molecule has 0 aliphatic carbocycles. The Kier molecular flexibility index (Phi) is 5.37. The van der Waals surface area contributed by atoms with Crippen molar-refractivity contribution in [1.29, 1.82) is 0 Å². The average Bonchev–Trinajstić information content (AvgIpc) is 2.74. The Morgan fingerprint density at radius 1 is 1.04 bits per heavy atom. The van der Waals surface area contributed by atoms with Crippen LogP contribution < -0.4 is 14.5 Å². The molecule has 148 valence electrons. The first-order chi connectivity index (χ1) is 13.6. The Morgan fingerprint density at radius 2 is 1.79 bits per heavy atom. The van der Waals surface area contributed by atoms with E-state index in [1.54, 1.807) is 19.2 Å². The average molecular weight is 383 g/mol. The lowest BCUT2D eigenvalue weighted by Crippen LogP contribution is -2.51. The zero-order chi connectivity index (χ0) is 19.5. The number of carbonyl (C=O) groups excluding carboxylic acids is 1. The fraction of sp³-hybridized carbons (Fsp3) is 0.409. The van der Waals surface area contributed by atoms with Crippen LogP contribution in [0.2, 0.25) is 0 Å². The number of ether oxygens (including phenoxy) is 1. The molecule has 0 atom stereocenters. The highest BCUT2D eigenvalue weighted by atomic mass is 19.1. The summed E-state index contributed by atoms with van der Waals surface area (Å²) >= 11 is 0. The maximum Gasteiger partial charge on any atom is 0.242 e. The summed E-state index contributed by atoms with van der Waals surface area (Å²) in [6.07, 6.45) is 1.83. The number of amides is 1. The van der Waals surface area contributed by atoms with Gasteiger partial charge in [-0.25, -0.2) is 4.39 Å². The molecule has 0 N–H and O–H groups in total. The van der Waals surface area contributed by atoms with Crippen molar-refractivity contribution in [3.05, 3.63) is 53.8 Å². The quantitative estimate of drug-likeness (QED) is 0.813. The number of fused-ring (bicyclic) bond motifs is 1. The van der Waals surface area contributed by atoms with Crippen LogP contribution in [0, 0.1) is 5.82 Å². The van der Waals surface area contributed by atoms with E-state index in [4.69, 9.17) is 4.74 Å². The minimum Gasteiger partial charge on any atom is -0.497 e. The number of anilines is 2. The second kappa shape index (κ2) is 8.09. The summed E-state index contributed by atoms with van der Waals surface area (Å²) in [6, 6.07) is 12.9. The maximum atomic E-state index is 13.5. The molecule has 0 saturated carbocycles. The highest BCUT2D eigenvalue weighted by molar-refractivity contribution is 5.82. The van der Waals surface area contributed by atoms with Gasteiger partial charge in [0.1, 0.15) is 11.6 Å². The molecule has 0 radical (unpaired) electrons. The third-order valence-corrected chi connectivity index (χ3v) is 5.65. The monoisotopic (exact) mass is 383 g/mol. The van der Waals surface area contributed by atoms with Crippen LogP contribution in [0.4, 0.5) is 15.8 Å². The molecule has 5 nitrogen and oxygen atoms in total. The number of hydrogen-bond donors (Lipinski definition) is 0. The summed E-state index contributed by atoms with van der Waals surface area (Å²) in [5, 5.41) is 0. The van der Waals surface area contributed by atoms with E-state index >= 15 is 0 Å². The molecule has 1 amide bonds. The third kappa shape index (κ3) is 3.91. The van der Waals surface area contributed by atoms with Crippen LogP contribution in [0.3, 0.4) is 0 Å². The molecule has 2 aromatic rings. The number of carbonyl (C=O) groups is 1. The van der Waals surface area contributed by atoms with Crippen molar-refractivity contribution >= 4 is 17.3 Å². The molecule has 0 unspecified atom stereocenters. The van der Waals surface area contributed by atoms with Gasteiger partial charge < -0.3 is 19.4 Å². The molecule has 0 aromatic heterocycles. The Hall–Kier alpha value is -2.76. The van der Waals surface area contributed by atoms with Gasteiger partial charge in [0.25, 0.3) is 0 Å². The Morgan fingerprint density at radius 3 is 2.50 bits per heavy atom. The summed E-state index contributed by atoms with van der Waals surface area (Å²) in [4.78, 5) is 19.2. The van der Waals surface area contributed by atoms with E-state index in [0.717, 1.165) is 68.3 Å². The lowest BCUT2D eigenvalue weighted by atomic mass is 10.0. The minimum atomic E-state index is -0.207. The van der Waals surface area contributed by atoms with Crippen LogP contribution >= 0.6 is 0 Å². The van der Waals surface area contributed by atoms with E-state index < -0.39 is 0 Å². The van der Waals surface area contributed by atoms with E-state index in [1.165, 1.54) is 6.07 Å². The van der Waals surface area contributed by atoms with Gasteiger partial charge in [-0.15, -0.1) is 0 Å². The second-order valence-electron chi connectivity index (χ2n) is 7.36.